The Morgan fingerprint density at radius 1 is 1.11 bits per heavy atom. The SMILES string of the molecule is COc1cc(B2OC(C)(C)C(C)(C)O2)cc(OC)c1C=NNc1nc(C)cs1. The van der Waals surface area contributed by atoms with Crippen molar-refractivity contribution in [1.29, 1.82) is 0 Å². The first-order chi connectivity index (χ1) is 13.2. The minimum Gasteiger partial charge on any atom is -0.496 e. The lowest BCUT2D eigenvalue weighted by atomic mass is 9.78. The van der Waals surface area contributed by atoms with E-state index in [-0.39, 0.29) is 0 Å². The van der Waals surface area contributed by atoms with Crippen LogP contribution >= 0.6 is 11.3 Å². The van der Waals surface area contributed by atoms with Crippen molar-refractivity contribution >= 4 is 35.3 Å². The number of nitrogens with one attached hydrogen (secondary N) is 1. The Bertz CT molecular complexity index is 841. The van der Waals surface area contributed by atoms with Crippen LogP contribution in [0.3, 0.4) is 0 Å². The minimum atomic E-state index is -0.504. The summed E-state index contributed by atoms with van der Waals surface area (Å²) in [4.78, 5) is 4.32. The first-order valence-electron chi connectivity index (χ1n) is 8.99. The number of nitrogens with zero attached hydrogens (tertiary/aromatic N) is 2. The van der Waals surface area contributed by atoms with E-state index in [9.17, 15) is 0 Å². The van der Waals surface area contributed by atoms with E-state index in [0.717, 1.165) is 16.3 Å². The highest BCUT2D eigenvalue weighted by Gasteiger charge is 2.52. The monoisotopic (exact) mass is 403 g/mol. The fourth-order valence-electron chi connectivity index (χ4n) is 2.76. The van der Waals surface area contributed by atoms with E-state index in [2.05, 4.69) is 15.5 Å². The van der Waals surface area contributed by atoms with Crippen molar-refractivity contribution in [1.82, 2.24) is 4.98 Å². The molecule has 0 spiro atoms. The maximum atomic E-state index is 6.14. The van der Waals surface area contributed by atoms with Gasteiger partial charge in [0.05, 0.1) is 42.9 Å². The Kier molecular flexibility index (Phi) is 5.70. The van der Waals surface area contributed by atoms with Crippen molar-refractivity contribution in [2.45, 2.75) is 45.8 Å². The van der Waals surface area contributed by atoms with Gasteiger partial charge in [-0.25, -0.2) is 4.98 Å². The Morgan fingerprint density at radius 3 is 2.14 bits per heavy atom. The molecule has 28 heavy (non-hydrogen) atoms. The highest BCUT2D eigenvalue weighted by Crippen LogP contribution is 2.37. The van der Waals surface area contributed by atoms with Gasteiger partial charge < -0.3 is 18.8 Å². The lowest BCUT2D eigenvalue weighted by molar-refractivity contribution is 0.00578. The fraction of sp³-hybridized carbons (Fsp3) is 0.474. The van der Waals surface area contributed by atoms with E-state index in [1.807, 2.05) is 52.1 Å². The molecule has 1 aromatic carbocycles. The molecule has 1 aliphatic rings. The number of hydrogen-bond donors (Lipinski definition) is 1. The molecule has 1 aliphatic heterocycles. The number of hydrogen-bond acceptors (Lipinski definition) is 8. The number of rotatable bonds is 6. The van der Waals surface area contributed by atoms with Crippen molar-refractivity contribution in [2.75, 3.05) is 19.6 Å². The minimum absolute atomic E-state index is 0.423. The fourth-order valence-corrected chi connectivity index (χ4v) is 3.40. The van der Waals surface area contributed by atoms with Crippen molar-refractivity contribution in [3.63, 3.8) is 0 Å². The van der Waals surface area contributed by atoms with Gasteiger partial charge in [-0.15, -0.1) is 11.3 Å². The number of hydrazone groups is 1. The molecule has 0 amide bonds. The zero-order chi connectivity index (χ0) is 20.5. The molecule has 0 atom stereocenters. The second-order valence-electron chi connectivity index (χ2n) is 7.59. The maximum absolute atomic E-state index is 6.14. The standard InChI is InChI=1S/C19H26BN3O4S/c1-12-11-28-17(22-12)23-21-10-14-15(24-6)8-13(9-16(14)25-7)20-26-18(2,3)19(4,5)27-20/h8-11H,1-7H3,(H,22,23). The zero-order valence-corrected chi connectivity index (χ0v) is 18.1. The summed E-state index contributed by atoms with van der Waals surface area (Å²) in [6.45, 7) is 10.0. The number of benzene rings is 1. The van der Waals surface area contributed by atoms with Crippen molar-refractivity contribution < 1.29 is 18.8 Å². The lowest BCUT2D eigenvalue weighted by Crippen LogP contribution is -2.41. The Balaban J connectivity index is 1.88. The predicted molar refractivity (Wildman–Crippen MR) is 113 cm³/mol. The second kappa shape index (κ2) is 7.73. The quantitative estimate of drug-likeness (QED) is 0.454. The Morgan fingerprint density at radius 2 is 1.68 bits per heavy atom. The molecule has 0 bridgehead atoms. The summed E-state index contributed by atoms with van der Waals surface area (Å²) in [6.07, 6.45) is 1.66. The zero-order valence-electron chi connectivity index (χ0n) is 17.3. The van der Waals surface area contributed by atoms with Crippen LogP contribution in [-0.4, -0.2) is 43.7 Å². The third-order valence-corrected chi connectivity index (χ3v) is 5.93. The molecule has 0 saturated carbocycles. The number of methoxy groups -OCH3 is 2. The molecule has 2 heterocycles. The normalized spacial score (nSPS) is 17.9. The third kappa shape index (κ3) is 4.01. The summed E-state index contributed by atoms with van der Waals surface area (Å²) in [5, 5.41) is 6.95. The Hall–Kier alpha value is -2.10. The van der Waals surface area contributed by atoms with Gasteiger partial charge in [-0.05, 0) is 52.2 Å². The van der Waals surface area contributed by atoms with Crippen LogP contribution < -0.4 is 20.4 Å². The summed E-state index contributed by atoms with van der Waals surface area (Å²) >= 11 is 1.49. The molecule has 150 valence electrons. The third-order valence-electron chi connectivity index (χ3n) is 5.06. The highest BCUT2D eigenvalue weighted by molar-refractivity contribution is 7.13. The van der Waals surface area contributed by atoms with Gasteiger partial charge in [0.15, 0.2) is 0 Å². The van der Waals surface area contributed by atoms with E-state index in [4.69, 9.17) is 18.8 Å². The summed E-state index contributed by atoms with van der Waals surface area (Å²) in [5.41, 5.74) is 4.57. The molecule has 2 aromatic rings. The van der Waals surface area contributed by atoms with Gasteiger partial charge in [0.2, 0.25) is 5.13 Å². The van der Waals surface area contributed by atoms with Crippen LogP contribution in [0.15, 0.2) is 22.6 Å². The van der Waals surface area contributed by atoms with E-state index in [1.165, 1.54) is 11.3 Å². The summed E-state index contributed by atoms with van der Waals surface area (Å²) in [5.74, 6) is 1.23. The average Bonchev–Trinajstić information content (AvgIpc) is 3.14. The molecule has 1 fully saturated rings. The van der Waals surface area contributed by atoms with Crippen molar-refractivity contribution in [3.8, 4) is 11.5 Å². The number of aryl methyl sites for hydroxylation is 1. The topological polar surface area (TPSA) is 74.2 Å². The number of thiazole rings is 1. The Labute approximate surface area is 170 Å². The molecule has 3 rings (SSSR count). The van der Waals surface area contributed by atoms with Gasteiger partial charge in [0.1, 0.15) is 11.5 Å². The highest BCUT2D eigenvalue weighted by atomic mass is 32.1. The van der Waals surface area contributed by atoms with Gasteiger partial charge in [-0.3, -0.25) is 5.43 Å². The molecule has 0 radical (unpaired) electrons. The van der Waals surface area contributed by atoms with Gasteiger partial charge >= 0.3 is 7.12 Å². The van der Waals surface area contributed by atoms with Crippen LogP contribution in [0.1, 0.15) is 39.0 Å². The summed E-state index contributed by atoms with van der Waals surface area (Å²) in [6, 6.07) is 3.78. The molecule has 1 N–H and O–H groups in total. The first-order valence-corrected chi connectivity index (χ1v) is 9.87. The second-order valence-corrected chi connectivity index (χ2v) is 8.45. The van der Waals surface area contributed by atoms with Gasteiger partial charge in [-0.1, -0.05) is 0 Å². The molecular weight excluding hydrogens is 377 g/mol. The summed E-state index contributed by atoms with van der Waals surface area (Å²) in [7, 11) is 2.71. The molecule has 9 heteroatoms. The van der Waals surface area contributed by atoms with Gasteiger partial charge in [0.25, 0.3) is 0 Å². The van der Waals surface area contributed by atoms with Crippen LogP contribution in [0.25, 0.3) is 0 Å². The average molecular weight is 403 g/mol. The van der Waals surface area contributed by atoms with E-state index in [1.54, 1.807) is 20.4 Å². The smallest absolute Gasteiger partial charge is 0.495 e. The molecular formula is C19H26BN3O4S. The van der Waals surface area contributed by atoms with Crippen LogP contribution in [-0.2, 0) is 9.31 Å². The van der Waals surface area contributed by atoms with Crippen molar-refractivity contribution in [3.05, 3.63) is 28.8 Å². The number of anilines is 1. The number of aromatic nitrogens is 1. The van der Waals surface area contributed by atoms with Gasteiger partial charge in [0, 0.05) is 5.38 Å². The molecule has 0 aliphatic carbocycles. The predicted octanol–water partition coefficient (Wildman–Crippen LogP) is 3.21. The number of ether oxygens (including phenoxy) is 2. The maximum Gasteiger partial charge on any atom is 0.495 e. The molecule has 0 unspecified atom stereocenters. The van der Waals surface area contributed by atoms with Gasteiger partial charge in [-0.2, -0.15) is 5.10 Å². The summed E-state index contributed by atoms with van der Waals surface area (Å²) < 4.78 is 23.4. The van der Waals surface area contributed by atoms with E-state index >= 15 is 0 Å². The van der Waals surface area contributed by atoms with E-state index in [0.29, 0.717) is 17.1 Å². The van der Waals surface area contributed by atoms with Crippen molar-refractivity contribution in [2.24, 2.45) is 5.10 Å². The molecule has 1 aromatic heterocycles. The lowest BCUT2D eigenvalue weighted by Gasteiger charge is -2.32. The van der Waals surface area contributed by atoms with Crippen LogP contribution in [0, 0.1) is 6.92 Å². The molecule has 1 saturated heterocycles. The van der Waals surface area contributed by atoms with E-state index < -0.39 is 18.3 Å². The molecule has 7 nitrogen and oxygen atoms in total. The largest absolute Gasteiger partial charge is 0.496 e. The first kappa shape index (κ1) is 20.6. The van der Waals surface area contributed by atoms with Crippen LogP contribution in [0.4, 0.5) is 5.13 Å². The van der Waals surface area contributed by atoms with Crippen LogP contribution in [0.2, 0.25) is 0 Å². The van der Waals surface area contributed by atoms with Crippen LogP contribution in [0.5, 0.6) is 11.5 Å².